The SMILES string of the molecule is CC(C)(C)CC(O)CNC1CCCC(C(=O)O)C1. The van der Waals surface area contributed by atoms with E-state index in [9.17, 15) is 9.90 Å². The van der Waals surface area contributed by atoms with Crippen LogP contribution in [0.2, 0.25) is 0 Å². The number of carboxylic acid groups (broad SMARTS) is 1. The van der Waals surface area contributed by atoms with Gasteiger partial charge in [-0.15, -0.1) is 0 Å². The maximum absolute atomic E-state index is 10.9. The fraction of sp³-hybridized carbons (Fsp3) is 0.929. The van der Waals surface area contributed by atoms with Crippen molar-refractivity contribution in [2.45, 2.75) is 65.0 Å². The van der Waals surface area contributed by atoms with Crippen LogP contribution in [0.15, 0.2) is 0 Å². The average molecular weight is 257 g/mol. The predicted molar refractivity (Wildman–Crippen MR) is 71.5 cm³/mol. The van der Waals surface area contributed by atoms with Gasteiger partial charge in [0.1, 0.15) is 0 Å². The quantitative estimate of drug-likeness (QED) is 0.704. The van der Waals surface area contributed by atoms with Gasteiger partial charge in [0.15, 0.2) is 0 Å². The number of aliphatic hydroxyl groups excluding tert-OH is 1. The molecule has 0 amide bonds. The first-order valence-electron chi connectivity index (χ1n) is 6.92. The van der Waals surface area contributed by atoms with Crippen LogP contribution < -0.4 is 5.32 Å². The third-order valence-electron chi connectivity index (χ3n) is 3.51. The molecule has 1 aliphatic rings. The minimum atomic E-state index is -0.684. The predicted octanol–water partition coefficient (Wildman–Crippen LogP) is 2.02. The fourth-order valence-corrected chi connectivity index (χ4v) is 2.68. The van der Waals surface area contributed by atoms with Crippen LogP contribution in [0.3, 0.4) is 0 Å². The summed E-state index contributed by atoms with van der Waals surface area (Å²) in [5, 5.41) is 22.2. The molecule has 0 bridgehead atoms. The first-order valence-corrected chi connectivity index (χ1v) is 6.92. The zero-order chi connectivity index (χ0) is 13.8. The summed E-state index contributed by atoms with van der Waals surface area (Å²) in [5.74, 6) is -0.896. The Morgan fingerprint density at radius 3 is 2.61 bits per heavy atom. The van der Waals surface area contributed by atoms with Crippen molar-refractivity contribution < 1.29 is 15.0 Å². The fourth-order valence-electron chi connectivity index (χ4n) is 2.68. The number of carboxylic acids is 1. The molecule has 3 unspecified atom stereocenters. The highest BCUT2D eigenvalue weighted by atomic mass is 16.4. The highest BCUT2D eigenvalue weighted by Crippen LogP contribution is 2.25. The Morgan fingerprint density at radius 1 is 1.39 bits per heavy atom. The van der Waals surface area contributed by atoms with Gasteiger partial charge in [-0.1, -0.05) is 27.2 Å². The maximum atomic E-state index is 10.9. The molecular weight excluding hydrogens is 230 g/mol. The molecule has 1 saturated carbocycles. The van der Waals surface area contributed by atoms with E-state index < -0.39 is 5.97 Å². The van der Waals surface area contributed by atoms with Crippen LogP contribution in [0, 0.1) is 11.3 Å². The van der Waals surface area contributed by atoms with Gasteiger partial charge in [-0.05, 0) is 31.1 Å². The summed E-state index contributed by atoms with van der Waals surface area (Å²) in [4.78, 5) is 10.9. The average Bonchev–Trinajstić information content (AvgIpc) is 2.24. The molecule has 4 nitrogen and oxygen atoms in total. The summed E-state index contributed by atoms with van der Waals surface area (Å²) in [6, 6.07) is 0.245. The Morgan fingerprint density at radius 2 is 2.06 bits per heavy atom. The van der Waals surface area contributed by atoms with E-state index in [4.69, 9.17) is 5.11 Å². The molecule has 1 fully saturated rings. The molecule has 3 N–H and O–H groups in total. The van der Waals surface area contributed by atoms with Crippen molar-refractivity contribution in [2.75, 3.05) is 6.54 Å². The molecule has 0 aliphatic heterocycles. The van der Waals surface area contributed by atoms with E-state index in [1.165, 1.54) is 0 Å². The zero-order valence-electron chi connectivity index (χ0n) is 11.8. The van der Waals surface area contributed by atoms with Crippen molar-refractivity contribution in [3.63, 3.8) is 0 Å². The summed E-state index contributed by atoms with van der Waals surface area (Å²) in [5.41, 5.74) is 0.122. The van der Waals surface area contributed by atoms with Crippen LogP contribution in [-0.4, -0.2) is 34.9 Å². The van der Waals surface area contributed by atoms with Crippen molar-refractivity contribution in [1.82, 2.24) is 5.32 Å². The minimum Gasteiger partial charge on any atom is -0.481 e. The molecular formula is C14H27NO3. The number of carbonyl (C=O) groups is 1. The normalized spacial score (nSPS) is 26.9. The number of rotatable bonds is 5. The minimum absolute atomic E-state index is 0.122. The van der Waals surface area contributed by atoms with Crippen molar-refractivity contribution in [2.24, 2.45) is 11.3 Å². The van der Waals surface area contributed by atoms with Crippen LogP contribution in [0.25, 0.3) is 0 Å². The number of nitrogens with one attached hydrogen (secondary N) is 1. The lowest BCUT2D eigenvalue weighted by Crippen LogP contribution is -2.40. The molecule has 0 aromatic heterocycles. The molecule has 0 radical (unpaired) electrons. The molecule has 18 heavy (non-hydrogen) atoms. The third kappa shape index (κ3) is 5.83. The largest absolute Gasteiger partial charge is 0.481 e. The van der Waals surface area contributed by atoms with Crippen molar-refractivity contribution in [3.05, 3.63) is 0 Å². The lowest BCUT2D eigenvalue weighted by Gasteiger charge is -2.29. The Hall–Kier alpha value is -0.610. The van der Waals surface area contributed by atoms with Crippen molar-refractivity contribution in [3.8, 4) is 0 Å². The van der Waals surface area contributed by atoms with E-state index in [2.05, 4.69) is 26.1 Å². The molecule has 4 heteroatoms. The molecule has 1 rings (SSSR count). The zero-order valence-corrected chi connectivity index (χ0v) is 11.8. The second kappa shape index (κ2) is 6.53. The van der Waals surface area contributed by atoms with Gasteiger partial charge in [0, 0.05) is 12.6 Å². The monoisotopic (exact) mass is 257 g/mol. The van der Waals surface area contributed by atoms with Gasteiger partial charge in [-0.25, -0.2) is 0 Å². The molecule has 0 saturated heterocycles. The van der Waals surface area contributed by atoms with E-state index in [1.807, 2.05) is 0 Å². The van der Waals surface area contributed by atoms with Gasteiger partial charge in [0.05, 0.1) is 12.0 Å². The maximum Gasteiger partial charge on any atom is 0.306 e. The highest BCUT2D eigenvalue weighted by Gasteiger charge is 2.27. The summed E-state index contributed by atoms with van der Waals surface area (Å²) < 4.78 is 0. The van der Waals surface area contributed by atoms with Crippen molar-refractivity contribution in [1.29, 1.82) is 0 Å². The lowest BCUT2D eigenvalue weighted by atomic mass is 9.85. The number of hydrogen-bond donors (Lipinski definition) is 3. The topological polar surface area (TPSA) is 69.6 Å². The van der Waals surface area contributed by atoms with E-state index in [1.54, 1.807) is 0 Å². The molecule has 0 aromatic carbocycles. The van der Waals surface area contributed by atoms with Crippen LogP contribution in [0.1, 0.15) is 52.9 Å². The van der Waals surface area contributed by atoms with Crippen molar-refractivity contribution >= 4 is 5.97 Å². The molecule has 0 spiro atoms. The van der Waals surface area contributed by atoms with Crippen LogP contribution in [-0.2, 0) is 4.79 Å². The second-order valence-electron chi connectivity index (χ2n) is 6.73. The second-order valence-corrected chi connectivity index (χ2v) is 6.73. The third-order valence-corrected chi connectivity index (χ3v) is 3.51. The Bertz CT molecular complexity index is 273. The molecule has 0 aromatic rings. The number of hydrogen-bond acceptors (Lipinski definition) is 3. The van der Waals surface area contributed by atoms with Gasteiger partial charge in [-0.2, -0.15) is 0 Å². The van der Waals surface area contributed by atoms with Gasteiger partial charge in [-0.3, -0.25) is 4.79 Å². The molecule has 3 atom stereocenters. The van der Waals surface area contributed by atoms with Gasteiger partial charge < -0.3 is 15.5 Å². The Balaban J connectivity index is 2.28. The summed E-state index contributed by atoms with van der Waals surface area (Å²) in [7, 11) is 0. The lowest BCUT2D eigenvalue weighted by molar-refractivity contribution is -0.143. The highest BCUT2D eigenvalue weighted by molar-refractivity contribution is 5.70. The first-order chi connectivity index (χ1) is 8.28. The number of aliphatic hydroxyl groups is 1. The summed E-state index contributed by atoms with van der Waals surface area (Å²) >= 11 is 0. The van der Waals surface area contributed by atoms with Gasteiger partial charge >= 0.3 is 5.97 Å². The van der Waals surface area contributed by atoms with E-state index in [0.29, 0.717) is 13.0 Å². The van der Waals surface area contributed by atoms with Gasteiger partial charge in [0.2, 0.25) is 0 Å². The smallest absolute Gasteiger partial charge is 0.306 e. The van der Waals surface area contributed by atoms with E-state index in [0.717, 1.165) is 25.7 Å². The molecule has 0 heterocycles. The summed E-state index contributed by atoms with van der Waals surface area (Å²) in [6.07, 6.45) is 3.87. The Kier molecular flexibility index (Phi) is 5.60. The van der Waals surface area contributed by atoms with E-state index in [-0.39, 0.29) is 23.5 Å². The van der Waals surface area contributed by atoms with E-state index >= 15 is 0 Å². The number of aliphatic carboxylic acids is 1. The standard InChI is InChI=1S/C14H27NO3/c1-14(2,3)8-12(16)9-15-11-6-4-5-10(7-11)13(17)18/h10-12,15-16H,4-9H2,1-3H3,(H,17,18). The summed E-state index contributed by atoms with van der Waals surface area (Å²) in [6.45, 7) is 6.89. The molecule has 106 valence electrons. The van der Waals surface area contributed by atoms with Crippen LogP contribution in [0.5, 0.6) is 0 Å². The first kappa shape index (κ1) is 15.4. The molecule has 1 aliphatic carbocycles. The van der Waals surface area contributed by atoms with Crippen LogP contribution in [0.4, 0.5) is 0 Å². The Labute approximate surface area is 110 Å². The van der Waals surface area contributed by atoms with Crippen LogP contribution >= 0.6 is 0 Å². The van der Waals surface area contributed by atoms with Gasteiger partial charge in [0.25, 0.3) is 0 Å².